The maximum Gasteiger partial charge on any atom is 0.422 e. The van der Waals surface area contributed by atoms with Gasteiger partial charge in [-0.25, -0.2) is 4.39 Å². The summed E-state index contributed by atoms with van der Waals surface area (Å²) in [7, 11) is 0. The van der Waals surface area contributed by atoms with Gasteiger partial charge >= 0.3 is 6.18 Å². The van der Waals surface area contributed by atoms with Crippen LogP contribution >= 0.6 is 0 Å². The van der Waals surface area contributed by atoms with Crippen LogP contribution in [-0.4, -0.2) is 12.8 Å². The predicted octanol–water partition coefficient (Wildman–Crippen LogP) is 2.23. The molecule has 6 heteroatoms. The van der Waals surface area contributed by atoms with E-state index in [1.807, 2.05) is 0 Å². The number of benzene rings is 1. The largest absolute Gasteiger partial charge is 0.481 e. The van der Waals surface area contributed by atoms with Crippen molar-refractivity contribution in [3.8, 4) is 5.75 Å². The third-order valence-corrected chi connectivity index (χ3v) is 1.65. The molecule has 0 fully saturated rings. The first-order valence-corrected chi connectivity index (χ1v) is 4.11. The molecule has 0 saturated heterocycles. The van der Waals surface area contributed by atoms with Crippen molar-refractivity contribution in [1.29, 1.82) is 0 Å². The molecule has 0 radical (unpaired) electrons. The molecule has 2 N–H and O–H groups in total. The Bertz CT molecular complexity index is 337. The highest BCUT2D eigenvalue weighted by molar-refractivity contribution is 5.34. The Balaban J connectivity index is 2.83. The summed E-state index contributed by atoms with van der Waals surface area (Å²) in [5.74, 6) is -1.28. The fourth-order valence-electron chi connectivity index (χ4n) is 1.03. The molecular formula is C9H9F4NO. The van der Waals surface area contributed by atoms with Crippen molar-refractivity contribution in [3.63, 3.8) is 0 Å². The van der Waals surface area contributed by atoms with Gasteiger partial charge < -0.3 is 10.5 Å². The van der Waals surface area contributed by atoms with Crippen LogP contribution in [0, 0.1) is 5.82 Å². The SMILES string of the molecule is NCc1cccc(F)c1OCC(F)(F)F. The number of alkyl halides is 3. The first-order chi connectivity index (χ1) is 6.94. The van der Waals surface area contributed by atoms with Crippen LogP contribution in [0.5, 0.6) is 5.75 Å². The van der Waals surface area contributed by atoms with Gasteiger partial charge in [-0.15, -0.1) is 0 Å². The average Bonchev–Trinajstić information content (AvgIpc) is 2.14. The van der Waals surface area contributed by atoms with Crippen LogP contribution in [0.1, 0.15) is 5.56 Å². The van der Waals surface area contributed by atoms with Crippen LogP contribution in [0.3, 0.4) is 0 Å². The minimum atomic E-state index is -4.49. The minimum absolute atomic E-state index is 0.0784. The summed E-state index contributed by atoms with van der Waals surface area (Å²) in [5.41, 5.74) is 5.44. The van der Waals surface area contributed by atoms with Crippen LogP contribution in [0.4, 0.5) is 17.6 Å². The normalized spacial score (nSPS) is 11.5. The Morgan fingerprint density at radius 2 is 1.93 bits per heavy atom. The van der Waals surface area contributed by atoms with Crippen LogP contribution in [-0.2, 0) is 6.54 Å². The fraction of sp³-hybridized carbons (Fsp3) is 0.333. The van der Waals surface area contributed by atoms with Gasteiger partial charge in [0.05, 0.1) is 0 Å². The summed E-state index contributed by atoms with van der Waals surface area (Å²) >= 11 is 0. The number of para-hydroxylation sites is 1. The van der Waals surface area contributed by atoms with Crippen molar-refractivity contribution in [2.75, 3.05) is 6.61 Å². The topological polar surface area (TPSA) is 35.2 Å². The molecule has 0 atom stereocenters. The smallest absolute Gasteiger partial charge is 0.422 e. The Morgan fingerprint density at radius 1 is 1.27 bits per heavy atom. The second-order valence-electron chi connectivity index (χ2n) is 2.84. The van der Waals surface area contributed by atoms with Gasteiger partial charge in [-0.3, -0.25) is 0 Å². The standard InChI is InChI=1S/C9H9F4NO/c10-7-3-1-2-6(4-14)8(7)15-5-9(11,12)13/h1-3H,4-5,14H2. The van der Waals surface area contributed by atoms with Crippen molar-refractivity contribution in [3.05, 3.63) is 29.6 Å². The van der Waals surface area contributed by atoms with Crippen molar-refractivity contribution >= 4 is 0 Å². The van der Waals surface area contributed by atoms with Crippen molar-refractivity contribution < 1.29 is 22.3 Å². The van der Waals surface area contributed by atoms with Crippen LogP contribution in [0.2, 0.25) is 0 Å². The number of rotatable bonds is 3. The number of nitrogens with two attached hydrogens (primary N) is 1. The van der Waals surface area contributed by atoms with E-state index >= 15 is 0 Å². The van der Waals surface area contributed by atoms with Crippen LogP contribution in [0.15, 0.2) is 18.2 Å². The third-order valence-electron chi connectivity index (χ3n) is 1.65. The summed E-state index contributed by atoms with van der Waals surface area (Å²) in [6.45, 7) is -1.61. The number of hydrogen-bond donors (Lipinski definition) is 1. The lowest BCUT2D eigenvalue weighted by atomic mass is 10.2. The Hall–Kier alpha value is -1.30. The van der Waals surface area contributed by atoms with Crippen LogP contribution in [0.25, 0.3) is 0 Å². The molecule has 0 aliphatic rings. The zero-order valence-corrected chi connectivity index (χ0v) is 7.64. The van der Waals surface area contributed by atoms with Gasteiger partial charge in [0.25, 0.3) is 0 Å². The molecule has 0 bridgehead atoms. The number of hydrogen-bond acceptors (Lipinski definition) is 2. The Kier molecular flexibility index (Phi) is 3.52. The van der Waals surface area contributed by atoms with E-state index in [9.17, 15) is 17.6 Å². The predicted molar refractivity (Wildman–Crippen MR) is 45.8 cm³/mol. The third kappa shape index (κ3) is 3.39. The van der Waals surface area contributed by atoms with Crippen molar-refractivity contribution in [2.24, 2.45) is 5.73 Å². The lowest BCUT2D eigenvalue weighted by Gasteiger charge is -2.12. The maximum atomic E-state index is 13.1. The van der Waals surface area contributed by atoms with E-state index in [0.29, 0.717) is 0 Å². The maximum absolute atomic E-state index is 13.1. The zero-order valence-electron chi connectivity index (χ0n) is 7.64. The summed E-state index contributed by atoms with van der Waals surface area (Å²) < 4.78 is 52.9. The quantitative estimate of drug-likeness (QED) is 0.797. The zero-order chi connectivity index (χ0) is 11.5. The molecule has 0 heterocycles. The molecule has 0 saturated carbocycles. The second-order valence-corrected chi connectivity index (χ2v) is 2.84. The van der Waals surface area contributed by atoms with Crippen molar-refractivity contribution in [1.82, 2.24) is 0 Å². The lowest BCUT2D eigenvalue weighted by Crippen LogP contribution is -2.20. The van der Waals surface area contributed by atoms with Gasteiger partial charge in [-0.1, -0.05) is 12.1 Å². The van der Waals surface area contributed by atoms with E-state index in [0.717, 1.165) is 6.07 Å². The van der Waals surface area contributed by atoms with E-state index < -0.39 is 24.3 Å². The lowest BCUT2D eigenvalue weighted by molar-refractivity contribution is -0.153. The second kappa shape index (κ2) is 4.48. The summed E-state index contributed by atoms with van der Waals surface area (Å²) in [4.78, 5) is 0. The van der Waals surface area contributed by atoms with Crippen molar-refractivity contribution in [2.45, 2.75) is 12.7 Å². The first kappa shape index (κ1) is 11.8. The highest BCUT2D eigenvalue weighted by Crippen LogP contribution is 2.24. The molecule has 0 aromatic heterocycles. The summed E-state index contributed by atoms with van der Waals surface area (Å²) in [5, 5.41) is 0. The molecule has 0 aliphatic carbocycles. The Labute approximate surface area is 83.6 Å². The molecular weight excluding hydrogens is 214 g/mol. The molecule has 84 valence electrons. The minimum Gasteiger partial charge on any atom is -0.481 e. The summed E-state index contributed by atoms with van der Waals surface area (Å²) in [6, 6.07) is 3.79. The van der Waals surface area contributed by atoms with Gasteiger partial charge in [0.1, 0.15) is 0 Å². The van der Waals surface area contributed by atoms with E-state index in [1.54, 1.807) is 0 Å². The van der Waals surface area contributed by atoms with Gasteiger partial charge in [0.15, 0.2) is 18.2 Å². The van der Waals surface area contributed by atoms with E-state index in [2.05, 4.69) is 4.74 Å². The van der Waals surface area contributed by atoms with E-state index in [1.165, 1.54) is 12.1 Å². The monoisotopic (exact) mass is 223 g/mol. The highest BCUT2D eigenvalue weighted by atomic mass is 19.4. The molecule has 0 amide bonds. The summed E-state index contributed by atoms with van der Waals surface area (Å²) in [6.07, 6.45) is -4.49. The van der Waals surface area contributed by atoms with Gasteiger partial charge in [-0.2, -0.15) is 13.2 Å². The van der Waals surface area contributed by atoms with Gasteiger partial charge in [0.2, 0.25) is 0 Å². The van der Waals surface area contributed by atoms with Gasteiger partial charge in [0, 0.05) is 12.1 Å². The fourth-order valence-corrected chi connectivity index (χ4v) is 1.03. The molecule has 1 rings (SSSR count). The molecule has 2 nitrogen and oxygen atoms in total. The molecule has 0 spiro atoms. The molecule has 0 unspecified atom stereocenters. The van der Waals surface area contributed by atoms with E-state index in [4.69, 9.17) is 5.73 Å². The van der Waals surface area contributed by atoms with Gasteiger partial charge in [-0.05, 0) is 6.07 Å². The Morgan fingerprint density at radius 3 is 2.47 bits per heavy atom. The molecule has 1 aromatic rings. The molecule has 1 aromatic carbocycles. The van der Waals surface area contributed by atoms with Crippen LogP contribution < -0.4 is 10.5 Å². The van der Waals surface area contributed by atoms with E-state index in [-0.39, 0.29) is 12.1 Å². The molecule has 15 heavy (non-hydrogen) atoms. The average molecular weight is 223 g/mol. The molecule has 0 aliphatic heterocycles. The number of ether oxygens (including phenoxy) is 1. The number of halogens is 4. The highest BCUT2D eigenvalue weighted by Gasteiger charge is 2.29. The first-order valence-electron chi connectivity index (χ1n) is 4.11.